The van der Waals surface area contributed by atoms with Gasteiger partial charge in [0.25, 0.3) is 0 Å². The molecule has 4 aliphatic carbocycles. The smallest absolute Gasteiger partial charge is 0.119 e. The lowest BCUT2D eigenvalue weighted by Gasteiger charge is -2.29. The summed E-state index contributed by atoms with van der Waals surface area (Å²) in [5.41, 5.74) is 11.8. The van der Waals surface area contributed by atoms with Crippen LogP contribution >= 0.6 is 0 Å². The molecule has 7 heteroatoms. The van der Waals surface area contributed by atoms with Crippen LogP contribution in [0.1, 0.15) is 51.4 Å². The van der Waals surface area contributed by atoms with Gasteiger partial charge >= 0.3 is 0 Å². The molecule has 0 heterocycles. The molecule has 0 aliphatic heterocycles. The quantitative estimate of drug-likeness (QED) is 0.0851. The highest BCUT2D eigenvalue weighted by atomic mass is 16.5. The highest BCUT2D eigenvalue weighted by Gasteiger charge is 2.27. The molecule has 0 aromatic heterocycles. The molecule has 4 aliphatic rings. The highest BCUT2D eigenvalue weighted by Crippen LogP contribution is 2.43. The third-order valence-electron chi connectivity index (χ3n) is 12.7. The van der Waals surface area contributed by atoms with E-state index < -0.39 is 0 Å². The summed E-state index contributed by atoms with van der Waals surface area (Å²) in [6.07, 6.45) is 10.4. The number of rotatable bonds is 18. The molecule has 4 saturated carbocycles. The van der Waals surface area contributed by atoms with E-state index in [2.05, 4.69) is 215 Å². The largest absolute Gasteiger partial charge is 0.490 e. The van der Waals surface area contributed by atoms with Crippen molar-refractivity contribution in [1.82, 2.24) is 0 Å². The molecule has 0 unspecified atom stereocenters. The molecule has 0 amide bonds. The molecular formula is C60H53N3O4. The number of ether oxygens (including phenoxy) is 4. The van der Waals surface area contributed by atoms with Gasteiger partial charge < -0.3 is 33.6 Å². The van der Waals surface area contributed by atoms with Gasteiger partial charge in [0.2, 0.25) is 0 Å². The highest BCUT2D eigenvalue weighted by molar-refractivity contribution is 5.84. The van der Waals surface area contributed by atoms with Crippen LogP contribution in [0.4, 0.5) is 51.2 Å². The normalized spacial score (nSPS) is 15.3. The van der Waals surface area contributed by atoms with Crippen LogP contribution < -0.4 is 33.6 Å². The second-order valence-corrected chi connectivity index (χ2v) is 18.2. The molecule has 0 bridgehead atoms. The maximum absolute atomic E-state index is 6.14. The fourth-order valence-electron chi connectivity index (χ4n) is 8.49. The first-order chi connectivity index (χ1) is 33.1. The number of hydrogen-bond acceptors (Lipinski definition) is 7. The predicted octanol–water partition coefficient (Wildman–Crippen LogP) is 15.9. The van der Waals surface area contributed by atoms with Crippen LogP contribution in [0.25, 0.3) is 11.1 Å². The van der Waals surface area contributed by atoms with Crippen LogP contribution in [0.15, 0.2) is 200 Å². The summed E-state index contributed by atoms with van der Waals surface area (Å²) in [6, 6.07) is 71.1. The van der Waals surface area contributed by atoms with Gasteiger partial charge in [-0.3, -0.25) is 0 Å². The lowest BCUT2D eigenvalue weighted by molar-refractivity contribution is 0.303. The summed E-state index contributed by atoms with van der Waals surface area (Å²) in [4.78, 5) is 6.92. The van der Waals surface area contributed by atoms with E-state index in [-0.39, 0.29) is 0 Å². The number of nitrogens with zero attached hydrogens (tertiary/aromatic N) is 3. The average Bonchev–Trinajstić information content (AvgIpc) is 4.11. The van der Waals surface area contributed by atoms with Gasteiger partial charge in [-0.2, -0.15) is 0 Å². The zero-order chi connectivity index (χ0) is 44.5. The van der Waals surface area contributed by atoms with Gasteiger partial charge in [-0.15, -0.1) is 0 Å². The van der Waals surface area contributed by atoms with Crippen molar-refractivity contribution in [1.29, 1.82) is 0 Å². The minimum atomic E-state index is 0.342. The van der Waals surface area contributed by atoms with Crippen molar-refractivity contribution >= 4 is 51.2 Å². The summed E-state index contributed by atoms with van der Waals surface area (Å²) in [6.45, 7) is 0. The van der Waals surface area contributed by atoms with Gasteiger partial charge in [0.15, 0.2) is 0 Å². The van der Waals surface area contributed by atoms with Crippen molar-refractivity contribution in [3.8, 4) is 34.1 Å². The first-order valence-corrected chi connectivity index (χ1v) is 23.9. The Morgan fingerprint density at radius 1 is 0.224 bits per heavy atom. The first-order valence-electron chi connectivity index (χ1n) is 23.9. The van der Waals surface area contributed by atoms with E-state index in [1.807, 2.05) is 0 Å². The minimum Gasteiger partial charge on any atom is -0.490 e. The lowest BCUT2D eigenvalue weighted by atomic mass is 10.0. The van der Waals surface area contributed by atoms with Gasteiger partial charge in [0.1, 0.15) is 23.0 Å². The summed E-state index contributed by atoms with van der Waals surface area (Å²) in [5, 5.41) is 0. The molecule has 0 N–H and O–H groups in total. The Morgan fingerprint density at radius 2 is 0.418 bits per heavy atom. The van der Waals surface area contributed by atoms with E-state index in [9.17, 15) is 0 Å². The van der Waals surface area contributed by atoms with Crippen molar-refractivity contribution in [2.45, 2.75) is 75.8 Å². The second-order valence-electron chi connectivity index (χ2n) is 18.2. The van der Waals surface area contributed by atoms with Crippen molar-refractivity contribution in [2.24, 2.45) is 0 Å². The Hall–Kier alpha value is -7.64. The van der Waals surface area contributed by atoms with Gasteiger partial charge in [-0.1, -0.05) is 42.5 Å². The zero-order valence-electron chi connectivity index (χ0n) is 37.5. The van der Waals surface area contributed by atoms with E-state index in [1.54, 1.807) is 0 Å². The summed E-state index contributed by atoms with van der Waals surface area (Å²) >= 11 is 0. The summed E-state index contributed by atoms with van der Waals surface area (Å²) in [7, 11) is 0. The molecule has 0 saturated heterocycles. The van der Waals surface area contributed by atoms with Gasteiger partial charge in [-0.25, -0.2) is 0 Å². The molecule has 12 rings (SSSR count). The van der Waals surface area contributed by atoms with E-state index in [1.165, 1.54) is 11.1 Å². The Morgan fingerprint density at radius 3 is 0.642 bits per heavy atom. The van der Waals surface area contributed by atoms with Crippen molar-refractivity contribution in [3.05, 3.63) is 200 Å². The molecule has 7 nitrogen and oxygen atoms in total. The summed E-state index contributed by atoms with van der Waals surface area (Å²) in [5.74, 6) is 3.63. The Kier molecular flexibility index (Phi) is 11.0. The standard InChI is InChI=1S/C60H53N3O4/c1-2-4-42(5-3-1)43-6-8-44(9-7-43)61(45-10-14-47(15-11-45)62(49-18-26-53(27-19-49)64-57-34-35-57)50-20-28-54(29-21-50)65-58-36-37-58)46-12-16-48(17-13-46)63(51-22-30-55(31-23-51)66-59-38-39-59)52-24-32-56(33-25-52)67-60-40-41-60/h1-33,57-60H,34-41H2. The maximum atomic E-state index is 6.14. The Bertz CT molecular complexity index is 2610. The molecule has 0 atom stereocenters. The second kappa shape index (κ2) is 18.0. The molecule has 4 fully saturated rings. The monoisotopic (exact) mass is 879 g/mol. The molecule has 67 heavy (non-hydrogen) atoms. The average molecular weight is 880 g/mol. The minimum absolute atomic E-state index is 0.342. The van der Waals surface area contributed by atoms with Crippen LogP contribution in [0.3, 0.4) is 0 Å². The fraction of sp³-hybridized carbons (Fsp3) is 0.200. The molecule has 8 aromatic rings. The Balaban J connectivity index is 0.892. The molecule has 0 radical (unpaired) electrons. The first kappa shape index (κ1) is 40.8. The lowest BCUT2D eigenvalue weighted by Crippen LogP contribution is -2.13. The van der Waals surface area contributed by atoms with Crippen LogP contribution in [0, 0.1) is 0 Å². The van der Waals surface area contributed by atoms with E-state index in [0.717, 1.165) is 126 Å². The van der Waals surface area contributed by atoms with E-state index in [0.29, 0.717) is 24.4 Å². The van der Waals surface area contributed by atoms with Crippen LogP contribution in [0.5, 0.6) is 23.0 Å². The topological polar surface area (TPSA) is 46.6 Å². The summed E-state index contributed by atoms with van der Waals surface area (Å²) < 4.78 is 24.5. The van der Waals surface area contributed by atoms with Crippen molar-refractivity contribution in [2.75, 3.05) is 14.7 Å². The third-order valence-corrected chi connectivity index (χ3v) is 12.7. The van der Waals surface area contributed by atoms with Crippen molar-refractivity contribution in [3.63, 3.8) is 0 Å². The zero-order valence-corrected chi connectivity index (χ0v) is 37.5. The molecule has 8 aromatic carbocycles. The number of benzene rings is 8. The fourth-order valence-corrected chi connectivity index (χ4v) is 8.49. The Labute approximate surface area is 393 Å². The van der Waals surface area contributed by atoms with Gasteiger partial charge in [0.05, 0.1) is 24.4 Å². The number of anilines is 9. The molecular weight excluding hydrogens is 827 g/mol. The maximum Gasteiger partial charge on any atom is 0.119 e. The molecule has 0 spiro atoms. The van der Waals surface area contributed by atoms with Crippen LogP contribution in [-0.4, -0.2) is 24.4 Å². The third kappa shape index (κ3) is 9.68. The van der Waals surface area contributed by atoms with Crippen LogP contribution in [-0.2, 0) is 0 Å². The van der Waals surface area contributed by atoms with E-state index >= 15 is 0 Å². The number of hydrogen-bond donors (Lipinski definition) is 0. The van der Waals surface area contributed by atoms with Crippen LogP contribution in [0.2, 0.25) is 0 Å². The van der Waals surface area contributed by atoms with Crippen molar-refractivity contribution < 1.29 is 18.9 Å². The van der Waals surface area contributed by atoms with E-state index in [4.69, 9.17) is 18.9 Å². The van der Waals surface area contributed by atoms with Gasteiger partial charge in [0, 0.05) is 51.2 Å². The SMILES string of the molecule is c1ccc(-c2ccc(N(c3ccc(N(c4ccc(OC5CC5)cc4)c4ccc(OC5CC5)cc4)cc3)c3ccc(N(c4ccc(OC5CC5)cc4)c4ccc(OC5CC5)cc4)cc3)cc2)cc1. The molecule has 332 valence electrons. The van der Waals surface area contributed by atoms with Gasteiger partial charge in [-0.05, 0) is 220 Å². The predicted molar refractivity (Wildman–Crippen MR) is 271 cm³/mol.